The van der Waals surface area contributed by atoms with Crippen molar-refractivity contribution in [2.75, 3.05) is 13.2 Å². The second-order valence-electron chi connectivity index (χ2n) is 7.64. The van der Waals surface area contributed by atoms with Crippen LogP contribution in [0.5, 0.6) is 0 Å². The summed E-state index contributed by atoms with van der Waals surface area (Å²) < 4.78 is 5.48. The zero-order valence-corrected chi connectivity index (χ0v) is 17.5. The van der Waals surface area contributed by atoms with Crippen molar-refractivity contribution in [2.24, 2.45) is 0 Å². The lowest BCUT2D eigenvalue weighted by Gasteiger charge is -2.05. The van der Waals surface area contributed by atoms with Gasteiger partial charge in [-0.25, -0.2) is 0 Å². The third-order valence-corrected chi connectivity index (χ3v) is 4.96. The largest absolute Gasteiger partial charge is 0.374 e. The fourth-order valence-electron chi connectivity index (χ4n) is 3.23. The van der Waals surface area contributed by atoms with E-state index < -0.39 is 0 Å². The lowest BCUT2D eigenvalue weighted by Crippen LogP contribution is -2.09. The first kappa shape index (κ1) is 24.6. The Morgan fingerprint density at radius 3 is 1.44 bits per heavy atom. The number of rotatable bonds is 21. The molecule has 0 rings (SSSR count). The molecule has 0 amide bonds. The molecule has 2 heteroatoms. The summed E-state index contributed by atoms with van der Waals surface area (Å²) >= 11 is 0. The molecule has 0 saturated heterocycles. The maximum absolute atomic E-state index is 11.5. The predicted octanol–water partition coefficient (Wildman–Crippen LogP) is 7.63. The molecule has 0 atom stereocenters. The van der Waals surface area contributed by atoms with Gasteiger partial charge in [-0.3, -0.25) is 4.79 Å². The van der Waals surface area contributed by atoms with Crippen LogP contribution < -0.4 is 0 Å². The molecule has 0 aromatic heterocycles. The van der Waals surface area contributed by atoms with Crippen LogP contribution in [0.4, 0.5) is 0 Å². The third kappa shape index (κ3) is 21.6. The molecule has 0 aliphatic carbocycles. The number of Topliss-reactive ketones (excluding diaryl/α,β-unsaturated/α-hetero) is 1. The Morgan fingerprint density at radius 1 is 0.560 bits per heavy atom. The van der Waals surface area contributed by atoms with Gasteiger partial charge in [-0.2, -0.15) is 0 Å². The van der Waals surface area contributed by atoms with E-state index in [4.69, 9.17) is 4.74 Å². The first-order chi connectivity index (χ1) is 12.3. The van der Waals surface area contributed by atoms with Crippen LogP contribution in [0.2, 0.25) is 0 Å². The van der Waals surface area contributed by atoms with Gasteiger partial charge in [0.2, 0.25) is 0 Å². The highest BCUT2D eigenvalue weighted by atomic mass is 16.5. The van der Waals surface area contributed by atoms with E-state index in [2.05, 4.69) is 13.8 Å². The summed E-state index contributed by atoms with van der Waals surface area (Å²) in [5, 5.41) is 0. The molecule has 0 fully saturated rings. The van der Waals surface area contributed by atoms with E-state index in [0.29, 0.717) is 13.0 Å². The van der Waals surface area contributed by atoms with Crippen LogP contribution in [0.15, 0.2) is 0 Å². The molecule has 150 valence electrons. The Hall–Kier alpha value is -0.370. The fraction of sp³-hybridized carbons (Fsp3) is 0.957. The zero-order chi connectivity index (χ0) is 18.4. The van der Waals surface area contributed by atoms with Gasteiger partial charge in [0.25, 0.3) is 0 Å². The maximum atomic E-state index is 11.5. The van der Waals surface area contributed by atoms with E-state index >= 15 is 0 Å². The van der Waals surface area contributed by atoms with Crippen molar-refractivity contribution >= 4 is 5.78 Å². The summed E-state index contributed by atoms with van der Waals surface area (Å²) in [6.07, 6.45) is 23.3. The van der Waals surface area contributed by atoms with Crippen molar-refractivity contribution in [2.45, 2.75) is 129 Å². The number of ketones is 1. The highest BCUT2D eigenvalue weighted by molar-refractivity contribution is 5.79. The van der Waals surface area contributed by atoms with Crippen LogP contribution in [-0.2, 0) is 9.53 Å². The number of hydrogen-bond donors (Lipinski definition) is 0. The highest BCUT2D eigenvalue weighted by Crippen LogP contribution is 2.13. The monoisotopic (exact) mass is 354 g/mol. The van der Waals surface area contributed by atoms with Crippen LogP contribution in [0.3, 0.4) is 0 Å². The smallest absolute Gasteiger partial charge is 0.158 e. The molecular weight excluding hydrogens is 308 g/mol. The Morgan fingerprint density at radius 2 is 0.960 bits per heavy atom. The number of ether oxygens (including phenoxy) is 1. The Bertz CT molecular complexity index is 263. The molecule has 0 aliphatic rings. The van der Waals surface area contributed by atoms with Crippen molar-refractivity contribution in [1.82, 2.24) is 0 Å². The van der Waals surface area contributed by atoms with Crippen LogP contribution in [0, 0.1) is 0 Å². The van der Waals surface area contributed by atoms with Crippen molar-refractivity contribution in [3.63, 3.8) is 0 Å². The summed E-state index contributed by atoms with van der Waals surface area (Å²) in [7, 11) is 0. The summed E-state index contributed by atoms with van der Waals surface area (Å²) in [4.78, 5) is 11.5. The molecule has 0 aromatic carbocycles. The number of hydrogen-bond acceptors (Lipinski definition) is 2. The molecule has 0 aliphatic heterocycles. The molecule has 0 spiro atoms. The quantitative estimate of drug-likeness (QED) is 0.198. The van der Waals surface area contributed by atoms with E-state index in [1.807, 2.05) is 0 Å². The Kier molecular flexibility index (Phi) is 21.4. The van der Waals surface area contributed by atoms with Gasteiger partial charge in [-0.05, 0) is 12.8 Å². The average Bonchev–Trinajstić information content (AvgIpc) is 2.61. The summed E-state index contributed by atoms with van der Waals surface area (Å²) in [6.45, 7) is 5.54. The Balaban J connectivity index is 3.06. The van der Waals surface area contributed by atoms with Crippen molar-refractivity contribution in [1.29, 1.82) is 0 Å². The molecule has 25 heavy (non-hydrogen) atoms. The highest BCUT2D eigenvalue weighted by Gasteiger charge is 2.01. The third-order valence-electron chi connectivity index (χ3n) is 4.96. The topological polar surface area (TPSA) is 26.3 Å². The van der Waals surface area contributed by atoms with Gasteiger partial charge < -0.3 is 4.74 Å². The van der Waals surface area contributed by atoms with Crippen molar-refractivity contribution in [3.05, 3.63) is 0 Å². The molecule has 0 unspecified atom stereocenters. The second kappa shape index (κ2) is 21.7. The van der Waals surface area contributed by atoms with E-state index in [9.17, 15) is 4.79 Å². The normalized spacial score (nSPS) is 11.1. The van der Waals surface area contributed by atoms with Crippen molar-refractivity contribution in [3.8, 4) is 0 Å². The van der Waals surface area contributed by atoms with E-state index in [1.165, 1.54) is 89.9 Å². The minimum Gasteiger partial charge on any atom is -0.374 e. The zero-order valence-electron chi connectivity index (χ0n) is 17.5. The first-order valence-electron chi connectivity index (χ1n) is 11.4. The fourth-order valence-corrected chi connectivity index (χ4v) is 3.23. The second-order valence-corrected chi connectivity index (χ2v) is 7.64. The van der Waals surface area contributed by atoms with Crippen LogP contribution in [0.25, 0.3) is 0 Å². The molecule has 0 N–H and O–H groups in total. The minimum absolute atomic E-state index is 0.277. The van der Waals surface area contributed by atoms with Crippen LogP contribution in [0.1, 0.15) is 129 Å². The van der Waals surface area contributed by atoms with Gasteiger partial charge in [-0.1, -0.05) is 110 Å². The average molecular weight is 355 g/mol. The maximum Gasteiger partial charge on any atom is 0.158 e. The van der Waals surface area contributed by atoms with E-state index in [-0.39, 0.29) is 5.78 Å². The van der Waals surface area contributed by atoms with Crippen LogP contribution in [-0.4, -0.2) is 19.0 Å². The summed E-state index contributed by atoms with van der Waals surface area (Å²) in [5.41, 5.74) is 0. The van der Waals surface area contributed by atoms with Gasteiger partial charge in [0.1, 0.15) is 6.61 Å². The molecule has 0 heterocycles. The van der Waals surface area contributed by atoms with E-state index in [0.717, 1.165) is 25.9 Å². The lowest BCUT2D eigenvalue weighted by atomic mass is 10.0. The van der Waals surface area contributed by atoms with E-state index in [1.54, 1.807) is 0 Å². The predicted molar refractivity (Wildman–Crippen MR) is 110 cm³/mol. The van der Waals surface area contributed by atoms with Gasteiger partial charge >= 0.3 is 0 Å². The number of unbranched alkanes of at least 4 members (excludes halogenated alkanes) is 15. The van der Waals surface area contributed by atoms with Crippen molar-refractivity contribution < 1.29 is 9.53 Å². The lowest BCUT2D eigenvalue weighted by molar-refractivity contribution is -0.123. The van der Waals surface area contributed by atoms with Gasteiger partial charge in [0.15, 0.2) is 5.78 Å². The molecule has 2 nitrogen and oxygen atoms in total. The first-order valence-corrected chi connectivity index (χ1v) is 11.4. The minimum atomic E-state index is 0.277. The van der Waals surface area contributed by atoms with Crippen LogP contribution >= 0.6 is 0 Å². The van der Waals surface area contributed by atoms with Gasteiger partial charge in [0.05, 0.1) is 0 Å². The molecule has 0 bridgehead atoms. The molecular formula is C23H46O2. The SMILES string of the molecule is CCCCCCCCCCCCCCCCOCC(=O)CCCCC. The molecule has 0 aromatic rings. The van der Waals surface area contributed by atoms with Gasteiger partial charge in [-0.15, -0.1) is 0 Å². The number of carbonyl (C=O) groups excluding carboxylic acids is 1. The molecule has 0 saturated carbocycles. The molecule has 0 radical (unpaired) electrons. The summed E-state index contributed by atoms with van der Waals surface area (Å²) in [6, 6.07) is 0. The number of carbonyl (C=O) groups is 1. The Labute approximate surface area is 158 Å². The summed E-state index contributed by atoms with van der Waals surface area (Å²) in [5.74, 6) is 0.277. The van der Waals surface area contributed by atoms with Gasteiger partial charge in [0, 0.05) is 13.0 Å². The standard InChI is InChI=1S/C23H46O2/c1-3-5-7-8-9-10-11-12-13-14-15-16-17-19-21-25-22-23(24)20-18-6-4-2/h3-22H2,1-2H3.